The second-order valence-corrected chi connectivity index (χ2v) is 5.87. The van der Waals surface area contributed by atoms with Gasteiger partial charge >= 0.3 is 6.18 Å². The second-order valence-electron chi connectivity index (χ2n) is 5.49. The minimum atomic E-state index is -4.27. The summed E-state index contributed by atoms with van der Waals surface area (Å²) in [5, 5.41) is 0. The smallest absolute Gasteiger partial charge is 0.338 e. The van der Waals surface area contributed by atoms with Gasteiger partial charge in [0.1, 0.15) is 0 Å². The number of alkyl halides is 4. The first-order chi connectivity index (χ1) is 8.95. The second kappa shape index (κ2) is 5.90. The number of hydrogen-bond donors (Lipinski definition) is 0. The Hall–Kier alpha value is -0.450. The number of hydrogen-bond acceptors (Lipinski definition) is 1. The van der Waals surface area contributed by atoms with Crippen LogP contribution in [0, 0.1) is 11.8 Å². The summed E-state index contributed by atoms with van der Waals surface area (Å²) in [5.41, 5.74) is 0. The van der Waals surface area contributed by atoms with Crippen molar-refractivity contribution in [2.75, 3.05) is 12.4 Å². The van der Waals surface area contributed by atoms with Gasteiger partial charge in [-0.2, -0.15) is 13.2 Å². The third-order valence-corrected chi connectivity index (χ3v) is 4.27. The van der Waals surface area contributed by atoms with E-state index in [1.807, 2.05) is 0 Å². The highest BCUT2D eigenvalue weighted by atomic mass is 35.5. The van der Waals surface area contributed by atoms with Crippen molar-refractivity contribution in [1.29, 1.82) is 0 Å². The molecule has 2 saturated carbocycles. The number of rotatable bonds is 4. The Kier molecular flexibility index (Phi) is 4.64. The average molecular weight is 298 g/mol. The van der Waals surface area contributed by atoms with Gasteiger partial charge in [0.05, 0.1) is 5.92 Å². The molecule has 0 heterocycles. The van der Waals surface area contributed by atoms with Crippen LogP contribution >= 0.6 is 11.6 Å². The van der Waals surface area contributed by atoms with Crippen molar-refractivity contribution in [1.82, 2.24) is 4.90 Å². The first-order valence-corrected chi connectivity index (χ1v) is 7.41. The molecule has 1 amide bonds. The van der Waals surface area contributed by atoms with Gasteiger partial charge in [-0.05, 0) is 25.7 Å². The molecule has 0 bridgehead atoms. The topological polar surface area (TPSA) is 20.3 Å². The lowest BCUT2D eigenvalue weighted by molar-refractivity contribution is -0.201. The highest BCUT2D eigenvalue weighted by molar-refractivity contribution is 6.18. The van der Waals surface area contributed by atoms with Gasteiger partial charge in [0.2, 0.25) is 5.91 Å². The fraction of sp³-hybridized carbons (Fsp3) is 0.923. The Morgan fingerprint density at radius 1 is 1.16 bits per heavy atom. The molecule has 6 heteroatoms. The molecule has 2 rings (SSSR count). The number of carbonyl (C=O) groups is 1. The molecule has 2 fully saturated rings. The molecule has 2 unspecified atom stereocenters. The molecule has 0 aromatic heterocycles. The maximum atomic E-state index is 13.0. The third-order valence-electron chi connectivity index (χ3n) is 4.10. The number of nitrogens with zero attached hydrogens (tertiary/aromatic N) is 1. The van der Waals surface area contributed by atoms with E-state index < -0.39 is 18.0 Å². The number of carbonyl (C=O) groups excluding carboxylic acids is 1. The maximum absolute atomic E-state index is 13.0. The quantitative estimate of drug-likeness (QED) is 0.726. The predicted octanol–water partition coefficient (Wildman–Crippen LogP) is 3.58. The van der Waals surface area contributed by atoms with E-state index in [0.29, 0.717) is 25.8 Å². The summed E-state index contributed by atoms with van der Waals surface area (Å²) in [4.78, 5) is 14.0. The van der Waals surface area contributed by atoms with Gasteiger partial charge in [-0.15, -0.1) is 11.6 Å². The van der Waals surface area contributed by atoms with Gasteiger partial charge in [0.25, 0.3) is 0 Å². The maximum Gasteiger partial charge on any atom is 0.392 e. The first kappa shape index (κ1) is 14.9. The molecule has 0 saturated heterocycles. The van der Waals surface area contributed by atoms with Crippen LogP contribution in [0.3, 0.4) is 0 Å². The largest absolute Gasteiger partial charge is 0.392 e. The molecule has 0 aromatic carbocycles. The molecule has 110 valence electrons. The van der Waals surface area contributed by atoms with Crippen LogP contribution in [0.25, 0.3) is 0 Å². The molecule has 0 aliphatic heterocycles. The lowest BCUT2D eigenvalue weighted by Gasteiger charge is -2.35. The molecule has 0 radical (unpaired) electrons. The molecule has 2 nitrogen and oxygen atoms in total. The fourth-order valence-electron chi connectivity index (χ4n) is 2.98. The molecule has 2 aliphatic carbocycles. The minimum absolute atomic E-state index is 0.0826. The molecule has 2 atom stereocenters. The summed E-state index contributed by atoms with van der Waals surface area (Å²) >= 11 is 5.66. The Balaban J connectivity index is 2.09. The molecule has 0 spiro atoms. The van der Waals surface area contributed by atoms with Crippen LogP contribution in [0.4, 0.5) is 13.2 Å². The molecular weight excluding hydrogens is 279 g/mol. The highest BCUT2D eigenvalue weighted by Crippen LogP contribution is 2.43. The Morgan fingerprint density at radius 3 is 2.32 bits per heavy atom. The standard InChI is InChI=1S/C13H19ClF3NO/c14-7-8-18(9-5-6-9)12(19)10-3-1-2-4-11(10)13(15,16)17/h9-11H,1-8H2. The van der Waals surface area contributed by atoms with Crippen molar-refractivity contribution < 1.29 is 18.0 Å². The summed E-state index contributed by atoms with van der Waals surface area (Å²) in [6, 6.07) is 0.127. The van der Waals surface area contributed by atoms with Crippen LogP contribution in [0.1, 0.15) is 38.5 Å². The fourth-order valence-corrected chi connectivity index (χ4v) is 3.16. The molecular formula is C13H19ClF3NO. The van der Waals surface area contributed by atoms with Crippen molar-refractivity contribution in [2.45, 2.75) is 50.7 Å². The SMILES string of the molecule is O=C(C1CCCCC1C(F)(F)F)N(CCCl)C1CC1. The summed E-state index contributed by atoms with van der Waals surface area (Å²) in [7, 11) is 0. The van der Waals surface area contributed by atoms with Gasteiger partial charge in [-0.25, -0.2) is 0 Å². The molecule has 19 heavy (non-hydrogen) atoms. The zero-order valence-electron chi connectivity index (χ0n) is 10.8. The van der Waals surface area contributed by atoms with Crippen molar-refractivity contribution in [3.63, 3.8) is 0 Å². The van der Waals surface area contributed by atoms with E-state index in [-0.39, 0.29) is 24.2 Å². The average Bonchev–Trinajstić information content (AvgIpc) is 3.18. The lowest BCUT2D eigenvalue weighted by atomic mass is 9.78. The van der Waals surface area contributed by atoms with E-state index in [9.17, 15) is 18.0 Å². The Labute approximate surface area is 116 Å². The summed E-state index contributed by atoms with van der Waals surface area (Å²) < 4.78 is 39.1. The van der Waals surface area contributed by atoms with Gasteiger partial charge in [-0.3, -0.25) is 4.79 Å². The van der Waals surface area contributed by atoms with Crippen LogP contribution < -0.4 is 0 Å². The first-order valence-electron chi connectivity index (χ1n) is 6.88. The lowest BCUT2D eigenvalue weighted by Crippen LogP contribution is -2.46. The summed E-state index contributed by atoms with van der Waals surface area (Å²) in [6.07, 6.45) is -0.766. The predicted molar refractivity (Wildman–Crippen MR) is 67.0 cm³/mol. The minimum Gasteiger partial charge on any atom is -0.338 e. The monoisotopic (exact) mass is 297 g/mol. The molecule has 0 aromatic rings. The van der Waals surface area contributed by atoms with Crippen molar-refractivity contribution in [3.8, 4) is 0 Å². The Morgan fingerprint density at radius 2 is 1.79 bits per heavy atom. The third kappa shape index (κ3) is 3.56. The Bertz CT molecular complexity index is 330. The van der Waals surface area contributed by atoms with E-state index >= 15 is 0 Å². The van der Waals surface area contributed by atoms with Crippen molar-refractivity contribution in [3.05, 3.63) is 0 Å². The van der Waals surface area contributed by atoms with Crippen LogP contribution in [0.15, 0.2) is 0 Å². The zero-order valence-corrected chi connectivity index (χ0v) is 11.5. The van der Waals surface area contributed by atoms with E-state index in [0.717, 1.165) is 12.8 Å². The summed E-state index contributed by atoms with van der Waals surface area (Å²) in [6.45, 7) is 0.367. The highest BCUT2D eigenvalue weighted by Gasteiger charge is 2.50. The van der Waals surface area contributed by atoms with Crippen molar-refractivity contribution in [2.24, 2.45) is 11.8 Å². The van der Waals surface area contributed by atoms with E-state index in [1.165, 1.54) is 0 Å². The van der Waals surface area contributed by atoms with Crippen LogP contribution in [0.5, 0.6) is 0 Å². The van der Waals surface area contributed by atoms with Gasteiger partial charge in [0, 0.05) is 24.4 Å². The summed E-state index contributed by atoms with van der Waals surface area (Å²) in [5.74, 6) is -2.40. The van der Waals surface area contributed by atoms with E-state index in [2.05, 4.69) is 0 Å². The van der Waals surface area contributed by atoms with Gasteiger partial charge in [0.15, 0.2) is 0 Å². The normalized spacial score (nSPS) is 28.2. The van der Waals surface area contributed by atoms with Crippen LogP contribution in [-0.4, -0.2) is 35.4 Å². The number of amides is 1. The van der Waals surface area contributed by atoms with E-state index in [4.69, 9.17) is 11.6 Å². The van der Waals surface area contributed by atoms with E-state index in [1.54, 1.807) is 4.90 Å². The number of halogens is 4. The molecule has 2 aliphatic rings. The van der Waals surface area contributed by atoms with Gasteiger partial charge < -0.3 is 4.90 Å². The van der Waals surface area contributed by atoms with Crippen molar-refractivity contribution >= 4 is 17.5 Å². The van der Waals surface area contributed by atoms with Gasteiger partial charge in [-0.1, -0.05) is 12.8 Å². The molecule has 0 N–H and O–H groups in total. The van der Waals surface area contributed by atoms with Crippen LogP contribution in [0.2, 0.25) is 0 Å². The van der Waals surface area contributed by atoms with Crippen LogP contribution in [-0.2, 0) is 4.79 Å². The zero-order chi connectivity index (χ0) is 14.0.